The van der Waals surface area contributed by atoms with E-state index in [9.17, 15) is 19.2 Å². The molecule has 9 nitrogen and oxygen atoms in total. The number of esters is 2. The molecule has 0 bridgehead atoms. The Hall–Kier alpha value is -2.16. The van der Waals surface area contributed by atoms with Crippen LogP contribution in [-0.4, -0.2) is 60.8 Å². The van der Waals surface area contributed by atoms with Crippen molar-refractivity contribution in [1.29, 1.82) is 0 Å². The second kappa shape index (κ2) is 12.6. The number of carbonyl (C=O) groups is 4. The molecule has 0 aliphatic heterocycles. The van der Waals surface area contributed by atoms with Crippen molar-refractivity contribution in [2.45, 2.75) is 109 Å². The van der Waals surface area contributed by atoms with Crippen LogP contribution in [0.3, 0.4) is 0 Å². The molecule has 0 radical (unpaired) electrons. The van der Waals surface area contributed by atoms with E-state index in [1.165, 1.54) is 13.8 Å². The minimum atomic E-state index is -1.20. The lowest BCUT2D eigenvalue weighted by Gasteiger charge is -2.29. The highest BCUT2D eigenvalue weighted by Crippen LogP contribution is 2.21. The summed E-state index contributed by atoms with van der Waals surface area (Å²) < 4.78 is 16.2. The Labute approximate surface area is 184 Å². The summed E-state index contributed by atoms with van der Waals surface area (Å²) in [5.74, 6) is -1.31. The van der Waals surface area contributed by atoms with Crippen LogP contribution in [-0.2, 0) is 28.6 Å². The average molecular weight is 443 g/mol. The number of ether oxygens (including phenoxy) is 3. The first kappa shape index (κ1) is 26.9. The second-order valence-electron chi connectivity index (χ2n) is 9.01. The minimum absolute atomic E-state index is 0.00768. The summed E-state index contributed by atoms with van der Waals surface area (Å²) in [5, 5.41) is 5.32. The summed E-state index contributed by atoms with van der Waals surface area (Å²) in [6.45, 7) is 8.08. The molecule has 0 aromatic carbocycles. The molecule has 0 aromatic rings. The summed E-state index contributed by atoms with van der Waals surface area (Å²) in [7, 11) is 1.64. The number of ketones is 1. The molecule has 2 N–H and O–H groups in total. The van der Waals surface area contributed by atoms with Crippen LogP contribution in [0.2, 0.25) is 0 Å². The Balaban J connectivity index is 2.77. The monoisotopic (exact) mass is 442 g/mol. The van der Waals surface area contributed by atoms with Crippen molar-refractivity contribution in [3.8, 4) is 0 Å². The maximum Gasteiger partial charge on any atom is 0.408 e. The molecule has 0 aromatic heterocycles. The lowest BCUT2D eigenvalue weighted by Crippen LogP contribution is -2.52. The predicted molar refractivity (Wildman–Crippen MR) is 114 cm³/mol. The van der Waals surface area contributed by atoms with E-state index in [0.717, 1.165) is 32.1 Å². The topological polar surface area (TPSA) is 120 Å². The maximum absolute atomic E-state index is 12.8. The number of carbonyl (C=O) groups excluding carboxylic acids is 4. The van der Waals surface area contributed by atoms with Gasteiger partial charge in [0.25, 0.3) is 0 Å². The van der Waals surface area contributed by atoms with Gasteiger partial charge in [-0.2, -0.15) is 0 Å². The van der Waals surface area contributed by atoms with Crippen LogP contribution >= 0.6 is 0 Å². The fourth-order valence-corrected chi connectivity index (χ4v) is 3.37. The van der Waals surface area contributed by atoms with Gasteiger partial charge in [0, 0.05) is 6.42 Å². The van der Waals surface area contributed by atoms with Crippen molar-refractivity contribution >= 4 is 23.8 Å². The molecule has 1 aliphatic rings. The number of alkyl carbamates (subject to hydrolysis) is 1. The molecule has 178 valence electrons. The molecule has 1 amide bonds. The third-order valence-corrected chi connectivity index (χ3v) is 5.02. The van der Waals surface area contributed by atoms with Gasteiger partial charge < -0.3 is 24.8 Å². The fourth-order valence-electron chi connectivity index (χ4n) is 3.37. The summed E-state index contributed by atoms with van der Waals surface area (Å²) in [5.41, 5.74) is -0.753. The molecule has 3 unspecified atom stereocenters. The number of hydrogen-bond acceptors (Lipinski definition) is 8. The first-order chi connectivity index (χ1) is 14.4. The molecule has 1 aliphatic carbocycles. The SMILES string of the molecule is CNC(CCC(=O)OC(C)C(NC(=O)OC(C)(C)C)C(=O)OC1CCCCC1)C(C)=O. The smallest absolute Gasteiger partial charge is 0.408 e. The normalized spacial score (nSPS) is 17.7. The Bertz CT molecular complexity index is 624. The quantitative estimate of drug-likeness (QED) is 0.391. The van der Waals surface area contributed by atoms with Gasteiger partial charge in [0.1, 0.15) is 23.6 Å². The molecule has 31 heavy (non-hydrogen) atoms. The first-order valence-electron chi connectivity index (χ1n) is 11.0. The third kappa shape index (κ3) is 10.6. The standard InChI is InChI=1S/C22H38N2O7/c1-14(25)17(23-6)12-13-18(26)29-15(2)19(24-21(28)31-22(3,4)5)20(27)30-16-10-8-7-9-11-16/h15-17,19,23H,7-13H2,1-6H3,(H,24,28). The molecule has 3 atom stereocenters. The number of likely N-dealkylation sites (N-methyl/N-ethyl adjacent to an activating group) is 1. The molecule has 0 heterocycles. The second-order valence-corrected chi connectivity index (χ2v) is 9.01. The van der Waals surface area contributed by atoms with Crippen LogP contribution in [0.4, 0.5) is 4.79 Å². The summed E-state index contributed by atoms with van der Waals surface area (Å²) in [6, 6.07) is -1.65. The summed E-state index contributed by atoms with van der Waals surface area (Å²) in [6.07, 6.45) is 2.90. The number of Topliss-reactive ketones (excluding diaryl/α,β-unsaturated/α-hetero) is 1. The zero-order valence-corrected chi connectivity index (χ0v) is 19.6. The Morgan fingerprint density at radius 3 is 2.19 bits per heavy atom. The Morgan fingerprint density at radius 2 is 1.68 bits per heavy atom. The van der Waals surface area contributed by atoms with E-state index in [4.69, 9.17) is 14.2 Å². The lowest BCUT2D eigenvalue weighted by molar-refractivity contribution is -0.161. The number of rotatable bonds is 10. The maximum atomic E-state index is 12.8. The zero-order valence-electron chi connectivity index (χ0n) is 19.6. The molecule has 0 spiro atoms. The van der Waals surface area contributed by atoms with Crippen molar-refractivity contribution in [2.24, 2.45) is 0 Å². The van der Waals surface area contributed by atoms with E-state index in [-0.39, 0.29) is 24.7 Å². The number of amides is 1. The van der Waals surface area contributed by atoms with Crippen molar-refractivity contribution < 1.29 is 33.4 Å². The minimum Gasteiger partial charge on any atom is -0.461 e. The van der Waals surface area contributed by atoms with E-state index in [2.05, 4.69) is 10.6 Å². The summed E-state index contributed by atoms with van der Waals surface area (Å²) >= 11 is 0. The van der Waals surface area contributed by atoms with E-state index in [0.29, 0.717) is 0 Å². The molecule has 1 fully saturated rings. The van der Waals surface area contributed by atoms with Crippen molar-refractivity contribution in [2.75, 3.05) is 7.05 Å². The highest BCUT2D eigenvalue weighted by atomic mass is 16.6. The third-order valence-electron chi connectivity index (χ3n) is 5.02. The number of hydrogen-bond donors (Lipinski definition) is 2. The van der Waals surface area contributed by atoms with Crippen LogP contribution in [0, 0.1) is 0 Å². The summed E-state index contributed by atoms with van der Waals surface area (Å²) in [4.78, 5) is 48.8. The molecule has 1 saturated carbocycles. The van der Waals surface area contributed by atoms with Gasteiger partial charge in [-0.05, 0) is 73.8 Å². The van der Waals surface area contributed by atoms with Crippen LogP contribution in [0.25, 0.3) is 0 Å². The van der Waals surface area contributed by atoms with Crippen LogP contribution < -0.4 is 10.6 Å². The molecular weight excluding hydrogens is 404 g/mol. The predicted octanol–water partition coefficient (Wildman–Crippen LogP) is 2.64. The largest absolute Gasteiger partial charge is 0.461 e. The van der Waals surface area contributed by atoms with Gasteiger partial charge in [-0.25, -0.2) is 9.59 Å². The van der Waals surface area contributed by atoms with Crippen molar-refractivity contribution in [3.63, 3.8) is 0 Å². The Morgan fingerprint density at radius 1 is 1.06 bits per heavy atom. The van der Waals surface area contributed by atoms with Gasteiger partial charge in [-0.3, -0.25) is 9.59 Å². The van der Waals surface area contributed by atoms with Gasteiger partial charge in [-0.15, -0.1) is 0 Å². The van der Waals surface area contributed by atoms with Crippen LogP contribution in [0.5, 0.6) is 0 Å². The van der Waals surface area contributed by atoms with Crippen LogP contribution in [0.1, 0.15) is 79.6 Å². The highest BCUT2D eigenvalue weighted by molar-refractivity contribution is 5.83. The van der Waals surface area contributed by atoms with Gasteiger partial charge in [0.15, 0.2) is 6.04 Å². The first-order valence-corrected chi connectivity index (χ1v) is 11.0. The van der Waals surface area contributed by atoms with E-state index in [1.54, 1.807) is 27.8 Å². The fraction of sp³-hybridized carbons (Fsp3) is 0.818. The van der Waals surface area contributed by atoms with E-state index >= 15 is 0 Å². The molecule has 9 heteroatoms. The molecular formula is C22H38N2O7. The van der Waals surface area contributed by atoms with E-state index in [1.807, 2.05) is 0 Å². The lowest BCUT2D eigenvalue weighted by atomic mass is 9.98. The van der Waals surface area contributed by atoms with Crippen molar-refractivity contribution in [3.05, 3.63) is 0 Å². The molecule has 1 rings (SSSR count). The Kier molecular flexibility index (Phi) is 11.0. The number of nitrogens with one attached hydrogen (secondary N) is 2. The molecule has 0 saturated heterocycles. The van der Waals surface area contributed by atoms with E-state index < -0.39 is 41.8 Å². The van der Waals surface area contributed by atoms with Gasteiger partial charge in [0.05, 0.1) is 6.04 Å². The zero-order chi connectivity index (χ0) is 23.6. The van der Waals surface area contributed by atoms with Gasteiger partial charge in [-0.1, -0.05) is 6.42 Å². The van der Waals surface area contributed by atoms with Crippen molar-refractivity contribution in [1.82, 2.24) is 10.6 Å². The highest BCUT2D eigenvalue weighted by Gasteiger charge is 2.34. The average Bonchev–Trinajstić information content (AvgIpc) is 2.65. The van der Waals surface area contributed by atoms with Gasteiger partial charge in [0.2, 0.25) is 0 Å². The van der Waals surface area contributed by atoms with Crippen LogP contribution in [0.15, 0.2) is 0 Å². The van der Waals surface area contributed by atoms with Gasteiger partial charge >= 0.3 is 18.0 Å².